The van der Waals surface area contributed by atoms with Gasteiger partial charge in [0.1, 0.15) is 5.82 Å². The molecule has 1 aromatic heterocycles. The van der Waals surface area contributed by atoms with Crippen LogP contribution in [0.3, 0.4) is 0 Å². The van der Waals surface area contributed by atoms with Gasteiger partial charge in [0.05, 0.1) is 11.8 Å². The van der Waals surface area contributed by atoms with Crippen molar-refractivity contribution in [2.75, 3.05) is 0 Å². The number of aromatic nitrogens is 2. The van der Waals surface area contributed by atoms with E-state index >= 15 is 0 Å². The minimum absolute atomic E-state index is 0.132. The van der Waals surface area contributed by atoms with Crippen LogP contribution in [0.1, 0.15) is 29.3 Å². The highest BCUT2D eigenvalue weighted by atomic mass is 19.1. The first-order valence-corrected chi connectivity index (χ1v) is 5.53. The van der Waals surface area contributed by atoms with Crippen LogP contribution in [-0.4, -0.2) is 15.6 Å². The Labute approximate surface area is 98.9 Å². The Morgan fingerprint density at radius 3 is 2.65 bits per heavy atom. The molecule has 1 aromatic carbocycles. The molecule has 0 spiro atoms. The highest BCUT2D eigenvalue weighted by molar-refractivity contribution is 6.08. The summed E-state index contributed by atoms with van der Waals surface area (Å²) in [6, 6.07) is 5.52. The Balaban J connectivity index is 2.21. The van der Waals surface area contributed by atoms with Gasteiger partial charge in [0.2, 0.25) is 0 Å². The molecule has 0 aliphatic heterocycles. The van der Waals surface area contributed by atoms with E-state index < -0.39 is 0 Å². The van der Waals surface area contributed by atoms with Crippen LogP contribution in [-0.2, 0) is 6.54 Å². The zero-order chi connectivity index (χ0) is 12.3. The molecule has 1 heterocycles. The smallest absolute Gasteiger partial charge is 0.196 e. The van der Waals surface area contributed by atoms with Crippen molar-refractivity contribution in [2.45, 2.75) is 19.9 Å². The predicted octanol–water partition coefficient (Wildman–Crippen LogP) is 2.66. The Morgan fingerprint density at radius 1 is 1.29 bits per heavy atom. The lowest BCUT2D eigenvalue weighted by Crippen LogP contribution is -2.00. The molecule has 2 rings (SSSR count). The molecule has 0 bridgehead atoms. The third kappa shape index (κ3) is 2.58. The number of aryl methyl sites for hydroxylation is 1. The number of carbonyl (C=O) groups is 1. The highest BCUT2D eigenvalue weighted by Crippen LogP contribution is 2.10. The molecule has 0 amide bonds. The molecule has 17 heavy (non-hydrogen) atoms. The molecular weight excluding hydrogens is 219 g/mol. The maximum Gasteiger partial charge on any atom is 0.196 e. The highest BCUT2D eigenvalue weighted by Gasteiger charge is 2.11. The SMILES string of the molecule is CCCn1cc(C(=O)c2ccc(F)cc2)cn1. The fraction of sp³-hybridized carbons (Fsp3) is 0.231. The maximum absolute atomic E-state index is 12.7. The van der Waals surface area contributed by atoms with Crippen LogP contribution in [0.15, 0.2) is 36.7 Å². The lowest BCUT2D eigenvalue weighted by molar-refractivity contribution is 0.103. The Morgan fingerprint density at radius 2 is 2.00 bits per heavy atom. The first-order chi connectivity index (χ1) is 8.20. The third-order valence-electron chi connectivity index (χ3n) is 2.45. The Kier molecular flexibility index (Phi) is 3.32. The lowest BCUT2D eigenvalue weighted by Gasteiger charge is -1.98. The summed E-state index contributed by atoms with van der Waals surface area (Å²) in [7, 11) is 0. The zero-order valence-electron chi connectivity index (χ0n) is 9.56. The largest absolute Gasteiger partial charge is 0.288 e. The molecule has 0 saturated carbocycles. The minimum Gasteiger partial charge on any atom is -0.288 e. The van der Waals surface area contributed by atoms with Crippen LogP contribution in [0.4, 0.5) is 4.39 Å². The number of hydrogen-bond acceptors (Lipinski definition) is 2. The van der Waals surface area contributed by atoms with Crippen molar-refractivity contribution in [1.82, 2.24) is 9.78 Å². The fourth-order valence-corrected chi connectivity index (χ4v) is 1.60. The summed E-state index contributed by atoms with van der Waals surface area (Å²) in [6.07, 6.45) is 4.22. The quantitative estimate of drug-likeness (QED) is 0.759. The summed E-state index contributed by atoms with van der Waals surface area (Å²) in [4.78, 5) is 12.0. The number of carbonyl (C=O) groups excluding carboxylic acids is 1. The summed E-state index contributed by atoms with van der Waals surface area (Å²) >= 11 is 0. The van der Waals surface area contributed by atoms with Crippen LogP contribution in [0.25, 0.3) is 0 Å². The lowest BCUT2D eigenvalue weighted by atomic mass is 10.1. The second-order valence-electron chi connectivity index (χ2n) is 3.83. The van der Waals surface area contributed by atoms with Gasteiger partial charge in [-0.05, 0) is 30.7 Å². The molecule has 3 nitrogen and oxygen atoms in total. The van der Waals surface area contributed by atoms with Crippen LogP contribution in [0.5, 0.6) is 0 Å². The molecule has 0 fully saturated rings. The van der Waals surface area contributed by atoms with Crippen LogP contribution >= 0.6 is 0 Å². The van der Waals surface area contributed by atoms with Gasteiger partial charge in [-0.2, -0.15) is 5.10 Å². The van der Waals surface area contributed by atoms with Gasteiger partial charge in [0.25, 0.3) is 0 Å². The van der Waals surface area contributed by atoms with Gasteiger partial charge in [-0.15, -0.1) is 0 Å². The third-order valence-corrected chi connectivity index (χ3v) is 2.45. The molecule has 0 radical (unpaired) electrons. The van der Waals surface area contributed by atoms with Crippen LogP contribution in [0, 0.1) is 5.82 Å². The second kappa shape index (κ2) is 4.91. The summed E-state index contributed by atoms with van der Waals surface area (Å²) in [6.45, 7) is 2.83. The average molecular weight is 232 g/mol. The van der Waals surface area contributed by atoms with Gasteiger partial charge < -0.3 is 0 Å². The molecule has 4 heteroatoms. The van der Waals surface area contributed by atoms with E-state index in [1.807, 2.05) is 6.92 Å². The Hall–Kier alpha value is -1.97. The Bertz CT molecular complexity index is 516. The van der Waals surface area contributed by atoms with E-state index in [9.17, 15) is 9.18 Å². The number of rotatable bonds is 4. The van der Waals surface area contributed by atoms with E-state index in [1.54, 1.807) is 17.1 Å². The van der Waals surface area contributed by atoms with Crippen molar-refractivity contribution in [3.63, 3.8) is 0 Å². The molecular formula is C13H13FN2O. The van der Waals surface area contributed by atoms with Crippen molar-refractivity contribution < 1.29 is 9.18 Å². The minimum atomic E-state index is -0.344. The number of hydrogen-bond donors (Lipinski definition) is 0. The number of benzene rings is 1. The summed E-state index contributed by atoms with van der Waals surface area (Å²) < 4.78 is 14.5. The first-order valence-electron chi connectivity index (χ1n) is 5.53. The van der Waals surface area contributed by atoms with Gasteiger partial charge in [-0.3, -0.25) is 9.48 Å². The van der Waals surface area contributed by atoms with Crippen LogP contribution < -0.4 is 0 Å². The van der Waals surface area contributed by atoms with Crippen molar-refractivity contribution in [1.29, 1.82) is 0 Å². The topological polar surface area (TPSA) is 34.9 Å². The average Bonchev–Trinajstić information content (AvgIpc) is 2.78. The first kappa shape index (κ1) is 11.5. The summed E-state index contributed by atoms with van der Waals surface area (Å²) in [5, 5.41) is 4.09. The maximum atomic E-state index is 12.7. The molecule has 2 aromatic rings. The molecule has 0 N–H and O–H groups in total. The molecule has 0 aliphatic rings. The molecule has 0 unspecified atom stereocenters. The van der Waals surface area contributed by atoms with Gasteiger partial charge >= 0.3 is 0 Å². The standard InChI is InChI=1S/C13H13FN2O/c1-2-7-16-9-11(8-15-16)13(17)10-3-5-12(14)6-4-10/h3-6,8-9H,2,7H2,1H3. The zero-order valence-corrected chi connectivity index (χ0v) is 9.56. The van der Waals surface area contributed by atoms with Crippen molar-refractivity contribution in [3.8, 4) is 0 Å². The number of halogens is 1. The number of ketones is 1. The summed E-state index contributed by atoms with van der Waals surface area (Å²) in [5.74, 6) is -0.476. The summed E-state index contributed by atoms with van der Waals surface area (Å²) in [5.41, 5.74) is 1.01. The van der Waals surface area contributed by atoms with E-state index in [1.165, 1.54) is 24.3 Å². The van der Waals surface area contributed by atoms with E-state index in [4.69, 9.17) is 0 Å². The number of nitrogens with zero attached hydrogens (tertiary/aromatic N) is 2. The van der Waals surface area contributed by atoms with Crippen LogP contribution in [0.2, 0.25) is 0 Å². The van der Waals surface area contributed by atoms with E-state index in [2.05, 4.69) is 5.10 Å². The van der Waals surface area contributed by atoms with E-state index in [-0.39, 0.29) is 11.6 Å². The van der Waals surface area contributed by atoms with Crippen molar-refractivity contribution in [3.05, 3.63) is 53.6 Å². The predicted molar refractivity (Wildman–Crippen MR) is 62.4 cm³/mol. The van der Waals surface area contributed by atoms with Gasteiger partial charge in [-0.25, -0.2) is 4.39 Å². The van der Waals surface area contributed by atoms with E-state index in [0.717, 1.165) is 13.0 Å². The normalized spacial score (nSPS) is 10.5. The van der Waals surface area contributed by atoms with Gasteiger partial charge in [0, 0.05) is 18.3 Å². The van der Waals surface area contributed by atoms with Crippen molar-refractivity contribution >= 4 is 5.78 Å². The molecule has 0 atom stereocenters. The van der Waals surface area contributed by atoms with Gasteiger partial charge in [0.15, 0.2) is 5.78 Å². The monoisotopic (exact) mass is 232 g/mol. The molecule has 88 valence electrons. The van der Waals surface area contributed by atoms with Crippen molar-refractivity contribution in [2.24, 2.45) is 0 Å². The molecule has 0 aliphatic carbocycles. The van der Waals surface area contributed by atoms with E-state index in [0.29, 0.717) is 11.1 Å². The fourth-order valence-electron chi connectivity index (χ4n) is 1.60. The second-order valence-corrected chi connectivity index (χ2v) is 3.83. The molecule has 0 saturated heterocycles. The van der Waals surface area contributed by atoms with Gasteiger partial charge in [-0.1, -0.05) is 6.92 Å².